The van der Waals surface area contributed by atoms with Crippen molar-refractivity contribution in [1.82, 2.24) is 10.2 Å². The topological polar surface area (TPSA) is 86.8 Å². The third-order valence-electron chi connectivity index (χ3n) is 5.87. The fourth-order valence-electron chi connectivity index (χ4n) is 3.75. The van der Waals surface area contributed by atoms with Crippen molar-refractivity contribution in [3.8, 4) is 0 Å². The van der Waals surface area contributed by atoms with Crippen LogP contribution in [0.25, 0.3) is 0 Å². The summed E-state index contributed by atoms with van der Waals surface area (Å²) in [4.78, 5) is 28.2. The van der Waals surface area contributed by atoms with E-state index in [9.17, 15) is 18.0 Å². The van der Waals surface area contributed by atoms with E-state index in [-0.39, 0.29) is 23.4 Å². The molecule has 0 fully saturated rings. The van der Waals surface area contributed by atoms with Gasteiger partial charge in [-0.3, -0.25) is 13.9 Å². The zero-order valence-electron chi connectivity index (χ0n) is 21.7. The molecule has 1 atom stereocenters. The highest BCUT2D eigenvalue weighted by Gasteiger charge is 2.32. The van der Waals surface area contributed by atoms with Crippen LogP contribution in [0.1, 0.15) is 31.9 Å². The number of carbonyl (C=O) groups excluding carboxylic acids is 2. The van der Waals surface area contributed by atoms with Gasteiger partial charge in [0, 0.05) is 22.1 Å². The predicted molar refractivity (Wildman–Crippen MR) is 155 cm³/mol. The number of anilines is 1. The van der Waals surface area contributed by atoms with E-state index in [1.165, 1.54) is 29.2 Å². The number of hydrogen-bond donors (Lipinski definition) is 1. The SMILES string of the molecule is Cc1ccc(N(CC(=O)N(Cc2ccc(Br)cc2)[C@@H](C)C(=O)NC(C)C)S(=O)(=O)c2ccc(Cl)cc2)cc1. The maximum Gasteiger partial charge on any atom is 0.264 e. The lowest BCUT2D eigenvalue weighted by molar-refractivity contribution is -0.139. The fourth-order valence-corrected chi connectivity index (χ4v) is 5.55. The average Bonchev–Trinajstić information content (AvgIpc) is 2.87. The number of sulfonamides is 1. The van der Waals surface area contributed by atoms with Gasteiger partial charge >= 0.3 is 0 Å². The zero-order valence-corrected chi connectivity index (χ0v) is 24.8. The Hall–Kier alpha value is -2.88. The second-order valence-corrected chi connectivity index (χ2v) is 12.5. The van der Waals surface area contributed by atoms with Crippen molar-refractivity contribution in [3.63, 3.8) is 0 Å². The summed E-state index contributed by atoms with van der Waals surface area (Å²) in [5, 5.41) is 3.24. The van der Waals surface area contributed by atoms with Crippen LogP contribution in [0.15, 0.2) is 82.2 Å². The Morgan fingerprint density at radius 2 is 1.50 bits per heavy atom. The first-order chi connectivity index (χ1) is 17.9. The standard InChI is InChI=1S/C28H31BrClN3O4S/c1-19(2)31-28(35)21(4)32(17-22-7-9-23(29)10-8-22)27(34)18-33(25-13-5-20(3)6-14-25)38(36,37)26-15-11-24(30)12-16-26/h5-16,19,21H,17-18H2,1-4H3,(H,31,35)/t21-/m0/s1. The van der Waals surface area contributed by atoms with E-state index < -0.39 is 28.5 Å². The molecule has 2 amide bonds. The van der Waals surface area contributed by atoms with Crippen molar-refractivity contribution in [3.05, 3.63) is 93.4 Å². The Kier molecular flexibility index (Phi) is 9.98. The van der Waals surface area contributed by atoms with Crippen molar-refractivity contribution in [2.75, 3.05) is 10.8 Å². The van der Waals surface area contributed by atoms with Crippen molar-refractivity contribution in [2.24, 2.45) is 0 Å². The normalized spacial score (nSPS) is 12.2. The molecule has 0 bridgehead atoms. The molecule has 0 heterocycles. The van der Waals surface area contributed by atoms with Crippen LogP contribution in [0.5, 0.6) is 0 Å². The van der Waals surface area contributed by atoms with E-state index in [1.807, 2.05) is 45.0 Å². The number of halogens is 2. The highest BCUT2D eigenvalue weighted by molar-refractivity contribution is 9.10. The predicted octanol–water partition coefficient (Wildman–Crippen LogP) is 5.55. The zero-order chi connectivity index (χ0) is 28.0. The van der Waals surface area contributed by atoms with Gasteiger partial charge in [-0.05, 0) is 81.8 Å². The number of nitrogens with one attached hydrogen (secondary N) is 1. The summed E-state index contributed by atoms with van der Waals surface area (Å²) >= 11 is 9.38. The molecule has 0 unspecified atom stereocenters. The minimum absolute atomic E-state index is 0.000309. The molecule has 10 heteroatoms. The van der Waals surface area contributed by atoms with Gasteiger partial charge in [-0.15, -0.1) is 0 Å². The third kappa shape index (κ3) is 7.58. The van der Waals surface area contributed by atoms with Gasteiger partial charge in [-0.25, -0.2) is 8.42 Å². The summed E-state index contributed by atoms with van der Waals surface area (Å²) in [5.74, 6) is -0.842. The number of nitrogens with zero attached hydrogens (tertiary/aromatic N) is 2. The van der Waals surface area contributed by atoms with E-state index in [0.717, 1.165) is 19.9 Å². The molecule has 7 nitrogen and oxygen atoms in total. The number of aryl methyl sites for hydroxylation is 1. The van der Waals surface area contributed by atoms with Crippen LogP contribution < -0.4 is 9.62 Å². The summed E-state index contributed by atoms with van der Waals surface area (Å²) in [6.45, 7) is 6.83. The maximum atomic E-state index is 13.8. The minimum Gasteiger partial charge on any atom is -0.352 e. The molecule has 0 aliphatic heterocycles. The smallest absolute Gasteiger partial charge is 0.264 e. The Bertz CT molecular complexity index is 1360. The highest BCUT2D eigenvalue weighted by Crippen LogP contribution is 2.26. The maximum absolute atomic E-state index is 13.8. The van der Waals surface area contributed by atoms with Crippen molar-refractivity contribution >= 4 is 55.1 Å². The fraction of sp³-hybridized carbons (Fsp3) is 0.286. The molecule has 0 aliphatic carbocycles. The molecule has 3 aromatic carbocycles. The number of carbonyl (C=O) groups is 2. The number of benzene rings is 3. The first-order valence-electron chi connectivity index (χ1n) is 12.1. The lowest BCUT2D eigenvalue weighted by Gasteiger charge is -2.32. The lowest BCUT2D eigenvalue weighted by Crippen LogP contribution is -2.52. The molecule has 0 saturated heterocycles. The van der Waals surface area contributed by atoms with E-state index in [2.05, 4.69) is 21.2 Å². The quantitative estimate of drug-likeness (QED) is 0.322. The van der Waals surface area contributed by atoms with Crippen LogP contribution in [0.2, 0.25) is 5.02 Å². The summed E-state index contributed by atoms with van der Waals surface area (Å²) < 4.78 is 29.5. The summed E-state index contributed by atoms with van der Waals surface area (Å²) in [6, 6.07) is 19.1. The Morgan fingerprint density at radius 1 is 0.921 bits per heavy atom. The van der Waals surface area contributed by atoms with Gasteiger partial charge in [0.2, 0.25) is 11.8 Å². The van der Waals surface area contributed by atoms with Crippen LogP contribution in [0.3, 0.4) is 0 Å². The van der Waals surface area contributed by atoms with Crippen LogP contribution >= 0.6 is 27.5 Å². The second kappa shape index (κ2) is 12.8. The van der Waals surface area contributed by atoms with Crippen LogP contribution in [-0.4, -0.2) is 43.8 Å². The van der Waals surface area contributed by atoms with E-state index in [1.54, 1.807) is 31.2 Å². The largest absolute Gasteiger partial charge is 0.352 e. The van der Waals surface area contributed by atoms with Gasteiger partial charge in [0.1, 0.15) is 12.6 Å². The first kappa shape index (κ1) is 29.7. The van der Waals surface area contributed by atoms with Crippen LogP contribution in [0.4, 0.5) is 5.69 Å². The van der Waals surface area contributed by atoms with Gasteiger partial charge in [0.15, 0.2) is 0 Å². The number of hydrogen-bond acceptors (Lipinski definition) is 4. The molecule has 0 saturated carbocycles. The Labute approximate surface area is 238 Å². The van der Waals surface area contributed by atoms with Gasteiger partial charge in [0.25, 0.3) is 10.0 Å². The number of amides is 2. The first-order valence-corrected chi connectivity index (χ1v) is 14.7. The van der Waals surface area contributed by atoms with Gasteiger partial charge in [-0.2, -0.15) is 0 Å². The molecule has 0 radical (unpaired) electrons. The summed E-state index contributed by atoms with van der Waals surface area (Å²) in [6.07, 6.45) is 0. The molecule has 3 rings (SSSR count). The van der Waals surface area contributed by atoms with Gasteiger partial charge in [0.05, 0.1) is 10.6 Å². The van der Waals surface area contributed by atoms with Crippen molar-refractivity contribution in [1.29, 1.82) is 0 Å². The molecule has 38 heavy (non-hydrogen) atoms. The van der Waals surface area contributed by atoms with Gasteiger partial charge in [-0.1, -0.05) is 57.4 Å². The Balaban J connectivity index is 2.02. The van der Waals surface area contributed by atoms with Crippen molar-refractivity contribution < 1.29 is 18.0 Å². The molecule has 0 aromatic heterocycles. The average molecular weight is 621 g/mol. The molecule has 1 N–H and O–H groups in total. The van der Waals surface area contributed by atoms with E-state index >= 15 is 0 Å². The monoisotopic (exact) mass is 619 g/mol. The highest BCUT2D eigenvalue weighted by atomic mass is 79.9. The van der Waals surface area contributed by atoms with Crippen LogP contribution in [0, 0.1) is 6.92 Å². The van der Waals surface area contributed by atoms with Crippen molar-refractivity contribution in [2.45, 2.75) is 51.2 Å². The second-order valence-electron chi connectivity index (χ2n) is 9.29. The summed E-state index contributed by atoms with van der Waals surface area (Å²) in [7, 11) is -4.14. The molecule has 0 spiro atoms. The molecule has 202 valence electrons. The van der Waals surface area contributed by atoms with Gasteiger partial charge < -0.3 is 10.2 Å². The van der Waals surface area contributed by atoms with E-state index in [0.29, 0.717) is 10.7 Å². The minimum atomic E-state index is -4.14. The molecular weight excluding hydrogens is 590 g/mol. The molecule has 3 aromatic rings. The van der Waals surface area contributed by atoms with Crippen LogP contribution in [-0.2, 0) is 26.2 Å². The summed E-state index contributed by atoms with van der Waals surface area (Å²) in [5.41, 5.74) is 2.08. The van der Waals surface area contributed by atoms with E-state index in [4.69, 9.17) is 11.6 Å². The molecule has 0 aliphatic rings. The molecular formula is C28H31BrClN3O4S. The number of rotatable bonds is 10. The third-order valence-corrected chi connectivity index (χ3v) is 8.44. The Morgan fingerprint density at radius 3 is 2.05 bits per heavy atom. The lowest BCUT2D eigenvalue weighted by atomic mass is 10.1.